The van der Waals surface area contributed by atoms with E-state index >= 15 is 0 Å². The van der Waals surface area contributed by atoms with Crippen molar-refractivity contribution in [3.05, 3.63) is 59.7 Å². The standard InChI is InChI=1S/C20H26N2O/c1-5-15(2)21-14-18-8-6-7-9-19(18)16-10-12-17(13-11-16)20(23)22(3)4/h6-13,15,21H,5,14H2,1-4H3/t15-/m0/s1. The fourth-order valence-electron chi connectivity index (χ4n) is 2.44. The van der Waals surface area contributed by atoms with Gasteiger partial charge in [-0.05, 0) is 42.2 Å². The van der Waals surface area contributed by atoms with Gasteiger partial charge in [0.05, 0.1) is 0 Å². The highest BCUT2D eigenvalue weighted by molar-refractivity contribution is 5.94. The van der Waals surface area contributed by atoms with Gasteiger partial charge < -0.3 is 10.2 Å². The van der Waals surface area contributed by atoms with E-state index in [0.29, 0.717) is 11.6 Å². The van der Waals surface area contributed by atoms with Gasteiger partial charge in [0.1, 0.15) is 0 Å². The van der Waals surface area contributed by atoms with Crippen LogP contribution in [0.4, 0.5) is 0 Å². The van der Waals surface area contributed by atoms with Crippen molar-refractivity contribution in [3.63, 3.8) is 0 Å². The number of carbonyl (C=O) groups excluding carboxylic acids is 1. The molecule has 1 amide bonds. The molecule has 0 aliphatic heterocycles. The van der Waals surface area contributed by atoms with Crippen molar-refractivity contribution in [2.24, 2.45) is 0 Å². The average Bonchev–Trinajstić information content (AvgIpc) is 2.59. The Labute approximate surface area is 139 Å². The molecule has 0 bridgehead atoms. The van der Waals surface area contributed by atoms with Crippen molar-refractivity contribution < 1.29 is 4.79 Å². The summed E-state index contributed by atoms with van der Waals surface area (Å²) in [5, 5.41) is 3.54. The molecule has 0 saturated heterocycles. The van der Waals surface area contributed by atoms with Gasteiger partial charge in [0.25, 0.3) is 5.91 Å². The second kappa shape index (κ2) is 7.93. The molecule has 0 aliphatic rings. The predicted octanol–water partition coefficient (Wildman–Crippen LogP) is 3.94. The van der Waals surface area contributed by atoms with Crippen LogP contribution in [0.3, 0.4) is 0 Å². The number of nitrogens with one attached hydrogen (secondary N) is 1. The third-order valence-electron chi connectivity index (χ3n) is 4.12. The van der Waals surface area contributed by atoms with E-state index in [1.807, 2.05) is 24.3 Å². The van der Waals surface area contributed by atoms with Gasteiger partial charge in [-0.2, -0.15) is 0 Å². The van der Waals surface area contributed by atoms with Crippen LogP contribution in [0.25, 0.3) is 11.1 Å². The first kappa shape index (κ1) is 17.2. The van der Waals surface area contributed by atoms with Gasteiger partial charge in [-0.25, -0.2) is 0 Å². The van der Waals surface area contributed by atoms with E-state index in [1.54, 1.807) is 19.0 Å². The zero-order valence-electron chi connectivity index (χ0n) is 14.5. The lowest BCUT2D eigenvalue weighted by Gasteiger charge is -2.15. The number of rotatable bonds is 6. The summed E-state index contributed by atoms with van der Waals surface area (Å²) in [5.41, 5.74) is 4.35. The third-order valence-corrected chi connectivity index (χ3v) is 4.12. The number of benzene rings is 2. The molecule has 0 spiro atoms. The van der Waals surface area contributed by atoms with Crippen molar-refractivity contribution in [1.29, 1.82) is 0 Å². The summed E-state index contributed by atoms with van der Waals surface area (Å²) < 4.78 is 0. The molecule has 2 rings (SSSR count). The van der Waals surface area contributed by atoms with Crippen molar-refractivity contribution in [2.75, 3.05) is 14.1 Å². The van der Waals surface area contributed by atoms with E-state index < -0.39 is 0 Å². The highest BCUT2D eigenvalue weighted by Crippen LogP contribution is 2.24. The Balaban J connectivity index is 2.23. The van der Waals surface area contributed by atoms with Crippen LogP contribution in [-0.4, -0.2) is 30.9 Å². The SMILES string of the molecule is CC[C@H](C)NCc1ccccc1-c1ccc(C(=O)N(C)C)cc1. The molecule has 1 atom stereocenters. The smallest absolute Gasteiger partial charge is 0.253 e. The Morgan fingerprint density at radius 3 is 2.35 bits per heavy atom. The number of hydrogen-bond donors (Lipinski definition) is 1. The molecule has 0 unspecified atom stereocenters. The Morgan fingerprint density at radius 2 is 1.74 bits per heavy atom. The van der Waals surface area contributed by atoms with Gasteiger partial charge in [-0.15, -0.1) is 0 Å². The van der Waals surface area contributed by atoms with Crippen LogP contribution in [0, 0.1) is 0 Å². The van der Waals surface area contributed by atoms with E-state index in [9.17, 15) is 4.79 Å². The van der Waals surface area contributed by atoms with E-state index in [-0.39, 0.29) is 5.91 Å². The van der Waals surface area contributed by atoms with Crippen molar-refractivity contribution in [3.8, 4) is 11.1 Å². The van der Waals surface area contributed by atoms with Crippen molar-refractivity contribution >= 4 is 5.91 Å². The Bertz CT molecular complexity index is 647. The van der Waals surface area contributed by atoms with Crippen LogP contribution < -0.4 is 5.32 Å². The summed E-state index contributed by atoms with van der Waals surface area (Å²) in [7, 11) is 3.54. The molecule has 23 heavy (non-hydrogen) atoms. The van der Waals surface area contributed by atoms with Crippen LogP contribution in [-0.2, 0) is 6.54 Å². The highest BCUT2D eigenvalue weighted by Gasteiger charge is 2.09. The van der Waals surface area contributed by atoms with E-state index in [2.05, 4.69) is 43.4 Å². The first-order chi connectivity index (χ1) is 11.0. The lowest BCUT2D eigenvalue weighted by Crippen LogP contribution is -2.24. The number of hydrogen-bond acceptors (Lipinski definition) is 2. The molecule has 1 N–H and O–H groups in total. The summed E-state index contributed by atoms with van der Waals surface area (Å²) in [6.07, 6.45) is 1.11. The molecule has 0 saturated carbocycles. The van der Waals surface area contributed by atoms with Crippen molar-refractivity contribution in [1.82, 2.24) is 10.2 Å². The summed E-state index contributed by atoms with van der Waals surface area (Å²) >= 11 is 0. The quantitative estimate of drug-likeness (QED) is 0.876. The second-order valence-corrected chi connectivity index (χ2v) is 6.12. The zero-order chi connectivity index (χ0) is 16.8. The fraction of sp³-hybridized carbons (Fsp3) is 0.350. The second-order valence-electron chi connectivity index (χ2n) is 6.12. The van der Waals surface area contributed by atoms with Gasteiger partial charge in [0.15, 0.2) is 0 Å². The minimum atomic E-state index is 0.0308. The molecule has 3 heteroatoms. The summed E-state index contributed by atoms with van der Waals surface area (Å²) in [6, 6.07) is 16.8. The molecule has 3 nitrogen and oxygen atoms in total. The molecule has 0 aromatic heterocycles. The van der Waals surface area contributed by atoms with E-state index in [4.69, 9.17) is 0 Å². The lowest BCUT2D eigenvalue weighted by molar-refractivity contribution is 0.0827. The molecular formula is C20H26N2O. The molecule has 2 aromatic rings. The summed E-state index contributed by atoms with van der Waals surface area (Å²) in [4.78, 5) is 13.6. The van der Waals surface area contributed by atoms with Gasteiger partial charge >= 0.3 is 0 Å². The van der Waals surface area contributed by atoms with Crippen LogP contribution >= 0.6 is 0 Å². The maximum absolute atomic E-state index is 12.0. The van der Waals surface area contributed by atoms with Crippen LogP contribution in [0.15, 0.2) is 48.5 Å². The zero-order valence-corrected chi connectivity index (χ0v) is 14.5. The summed E-state index contributed by atoms with van der Waals surface area (Å²) in [5.74, 6) is 0.0308. The Kier molecular flexibility index (Phi) is 5.94. The van der Waals surface area contributed by atoms with E-state index in [1.165, 1.54) is 11.1 Å². The molecule has 2 aromatic carbocycles. The number of nitrogens with zero attached hydrogens (tertiary/aromatic N) is 1. The predicted molar refractivity (Wildman–Crippen MR) is 96.5 cm³/mol. The number of carbonyl (C=O) groups is 1. The van der Waals surface area contributed by atoms with Gasteiger partial charge in [0.2, 0.25) is 0 Å². The molecule has 0 heterocycles. The highest BCUT2D eigenvalue weighted by atomic mass is 16.2. The number of amides is 1. The first-order valence-electron chi connectivity index (χ1n) is 8.16. The van der Waals surface area contributed by atoms with Crippen LogP contribution in [0.5, 0.6) is 0 Å². The van der Waals surface area contributed by atoms with Crippen LogP contribution in [0.2, 0.25) is 0 Å². The Morgan fingerprint density at radius 1 is 1.09 bits per heavy atom. The molecule has 122 valence electrons. The van der Waals surface area contributed by atoms with Crippen LogP contribution in [0.1, 0.15) is 36.2 Å². The molecule has 0 aliphatic carbocycles. The topological polar surface area (TPSA) is 32.3 Å². The largest absolute Gasteiger partial charge is 0.345 e. The summed E-state index contributed by atoms with van der Waals surface area (Å²) in [6.45, 7) is 5.23. The minimum Gasteiger partial charge on any atom is -0.345 e. The molecular weight excluding hydrogens is 284 g/mol. The monoisotopic (exact) mass is 310 g/mol. The lowest BCUT2D eigenvalue weighted by atomic mass is 9.98. The molecule has 0 fully saturated rings. The van der Waals surface area contributed by atoms with Gasteiger partial charge in [-0.3, -0.25) is 4.79 Å². The Hall–Kier alpha value is -2.13. The van der Waals surface area contributed by atoms with Crippen molar-refractivity contribution in [2.45, 2.75) is 32.9 Å². The third kappa shape index (κ3) is 4.42. The maximum atomic E-state index is 12.0. The normalized spacial score (nSPS) is 12.0. The minimum absolute atomic E-state index is 0.0308. The molecule has 0 radical (unpaired) electrons. The van der Waals surface area contributed by atoms with E-state index in [0.717, 1.165) is 18.5 Å². The first-order valence-corrected chi connectivity index (χ1v) is 8.16. The average molecular weight is 310 g/mol. The maximum Gasteiger partial charge on any atom is 0.253 e. The van der Waals surface area contributed by atoms with Gasteiger partial charge in [0, 0.05) is 32.2 Å². The fourth-order valence-corrected chi connectivity index (χ4v) is 2.44. The van der Waals surface area contributed by atoms with Gasteiger partial charge in [-0.1, -0.05) is 43.3 Å².